The fraction of sp³-hybridized carbons (Fsp3) is 0.105. The summed E-state index contributed by atoms with van der Waals surface area (Å²) in [5.74, 6) is -0.248. The molecule has 0 bridgehead atoms. The largest absolute Gasteiger partial charge is 0.325 e. The molecular formula is C19H18N4O2S. The molecule has 0 fully saturated rings. The number of thiazole rings is 1. The van der Waals surface area contributed by atoms with E-state index < -0.39 is 6.03 Å². The Morgan fingerprint density at radius 3 is 2.35 bits per heavy atom. The molecule has 3 aromatic rings. The van der Waals surface area contributed by atoms with Gasteiger partial charge in [0.1, 0.15) is 4.88 Å². The molecule has 0 saturated carbocycles. The minimum Gasteiger partial charge on any atom is -0.321 e. The van der Waals surface area contributed by atoms with Crippen LogP contribution in [0.2, 0.25) is 0 Å². The van der Waals surface area contributed by atoms with Crippen molar-refractivity contribution in [2.45, 2.75) is 13.8 Å². The number of hydrogen-bond acceptors (Lipinski definition) is 4. The lowest BCUT2D eigenvalue weighted by Gasteiger charge is -2.05. The van der Waals surface area contributed by atoms with E-state index in [0.717, 1.165) is 22.6 Å². The number of anilines is 3. The van der Waals surface area contributed by atoms with Crippen molar-refractivity contribution in [2.75, 3.05) is 16.0 Å². The topological polar surface area (TPSA) is 83.1 Å². The van der Waals surface area contributed by atoms with E-state index in [9.17, 15) is 9.59 Å². The molecule has 26 heavy (non-hydrogen) atoms. The second-order valence-electron chi connectivity index (χ2n) is 5.70. The average molecular weight is 366 g/mol. The third-order valence-electron chi connectivity index (χ3n) is 3.53. The van der Waals surface area contributed by atoms with Gasteiger partial charge in [0.05, 0.1) is 5.69 Å². The monoisotopic (exact) mass is 366 g/mol. The normalized spacial score (nSPS) is 10.2. The van der Waals surface area contributed by atoms with Crippen LogP contribution in [0.4, 0.5) is 21.3 Å². The van der Waals surface area contributed by atoms with Gasteiger partial charge in [-0.05, 0) is 43.7 Å². The maximum absolute atomic E-state index is 12.5. The van der Waals surface area contributed by atoms with Gasteiger partial charge in [-0.15, -0.1) is 0 Å². The average Bonchev–Trinajstić information content (AvgIpc) is 2.96. The van der Waals surface area contributed by atoms with Gasteiger partial charge in [0.2, 0.25) is 0 Å². The molecule has 7 heteroatoms. The Balaban J connectivity index is 1.66. The molecule has 6 nitrogen and oxygen atoms in total. The predicted octanol–water partition coefficient (Wildman–Crippen LogP) is 4.66. The van der Waals surface area contributed by atoms with Gasteiger partial charge >= 0.3 is 6.03 Å². The van der Waals surface area contributed by atoms with E-state index in [1.807, 2.05) is 49.4 Å². The van der Waals surface area contributed by atoms with Crippen LogP contribution in [0.1, 0.15) is 20.9 Å². The Morgan fingerprint density at radius 1 is 0.885 bits per heavy atom. The summed E-state index contributed by atoms with van der Waals surface area (Å²) in [6, 6.07) is 16.2. The number of aryl methyl sites for hydroxylation is 2. The van der Waals surface area contributed by atoms with Gasteiger partial charge in [-0.1, -0.05) is 41.7 Å². The summed E-state index contributed by atoms with van der Waals surface area (Å²) in [7, 11) is 0. The molecule has 1 aromatic heterocycles. The second-order valence-corrected chi connectivity index (χ2v) is 6.70. The number of nitrogens with one attached hydrogen (secondary N) is 3. The summed E-state index contributed by atoms with van der Waals surface area (Å²) in [5, 5.41) is 8.58. The van der Waals surface area contributed by atoms with Crippen molar-refractivity contribution in [3.63, 3.8) is 0 Å². The van der Waals surface area contributed by atoms with Crippen LogP contribution in [0, 0.1) is 13.8 Å². The minimum absolute atomic E-state index is 0.248. The quantitative estimate of drug-likeness (QED) is 0.628. The van der Waals surface area contributed by atoms with Crippen LogP contribution >= 0.6 is 11.3 Å². The molecule has 0 aliphatic carbocycles. The summed E-state index contributed by atoms with van der Waals surface area (Å²) in [5.41, 5.74) is 3.02. The van der Waals surface area contributed by atoms with Gasteiger partial charge < -0.3 is 10.6 Å². The Kier molecular flexibility index (Phi) is 5.28. The Morgan fingerprint density at radius 2 is 1.62 bits per heavy atom. The van der Waals surface area contributed by atoms with Crippen molar-refractivity contribution >= 4 is 39.8 Å². The van der Waals surface area contributed by atoms with Crippen LogP contribution in [0.3, 0.4) is 0 Å². The SMILES string of the molecule is Cc1cccc(NC(=O)c2sc(NC(=O)Nc3ccccc3)nc2C)c1. The zero-order valence-corrected chi connectivity index (χ0v) is 15.2. The first kappa shape index (κ1) is 17.6. The molecule has 1 heterocycles. The predicted molar refractivity (Wildman–Crippen MR) is 105 cm³/mol. The summed E-state index contributed by atoms with van der Waals surface area (Å²) in [6.07, 6.45) is 0. The third-order valence-corrected chi connectivity index (χ3v) is 4.60. The van der Waals surface area contributed by atoms with Gasteiger partial charge in [0.15, 0.2) is 5.13 Å². The zero-order chi connectivity index (χ0) is 18.5. The number of nitrogens with zero attached hydrogens (tertiary/aromatic N) is 1. The van der Waals surface area contributed by atoms with Crippen LogP contribution in [-0.4, -0.2) is 16.9 Å². The van der Waals surface area contributed by atoms with Crippen molar-refractivity contribution in [1.82, 2.24) is 4.98 Å². The first-order chi connectivity index (χ1) is 12.5. The van der Waals surface area contributed by atoms with Gasteiger partial charge in [-0.3, -0.25) is 10.1 Å². The van der Waals surface area contributed by atoms with Crippen molar-refractivity contribution in [1.29, 1.82) is 0 Å². The number of aromatic nitrogens is 1. The Labute approximate surface area is 155 Å². The molecule has 132 valence electrons. The molecule has 0 aliphatic rings. The van der Waals surface area contributed by atoms with Gasteiger partial charge in [-0.25, -0.2) is 9.78 Å². The highest BCUT2D eigenvalue weighted by Gasteiger charge is 2.17. The van der Waals surface area contributed by atoms with Crippen LogP contribution in [0.15, 0.2) is 54.6 Å². The van der Waals surface area contributed by atoms with E-state index in [-0.39, 0.29) is 5.91 Å². The highest BCUT2D eigenvalue weighted by atomic mass is 32.1. The molecule has 0 radical (unpaired) electrons. The molecule has 3 amide bonds. The number of rotatable bonds is 4. The highest BCUT2D eigenvalue weighted by Crippen LogP contribution is 2.24. The number of hydrogen-bond donors (Lipinski definition) is 3. The van der Waals surface area contributed by atoms with Gasteiger partial charge in [0, 0.05) is 11.4 Å². The lowest BCUT2D eigenvalue weighted by molar-refractivity contribution is 0.103. The van der Waals surface area contributed by atoms with Crippen LogP contribution in [-0.2, 0) is 0 Å². The van der Waals surface area contributed by atoms with Crippen molar-refractivity contribution in [2.24, 2.45) is 0 Å². The molecule has 0 spiro atoms. The molecule has 0 saturated heterocycles. The maximum Gasteiger partial charge on any atom is 0.325 e. The van der Waals surface area contributed by atoms with E-state index in [1.54, 1.807) is 19.1 Å². The number of carbonyl (C=O) groups excluding carboxylic acids is 2. The highest BCUT2D eigenvalue weighted by molar-refractivity contribution is 7.17. The van der Waals surface area contributed by atoms with E-state index in [2.05, 4.69) is 20.9 Å². The van der Waals surface area contributed by atoms with E-state index in [1.165, 1.54) is 0 Å². The molecule has 3 rings (SSSR count). The molecule has 0 atom stereocenters. The zero-order valence-electron chi connectivity index (χ0n) is 14.4. The number of carbonyl (C=O) groups is 2. The number of urea groups is 1. The lowest BCUT2D eigenvalue weighted by atomic mass is 10.2. The third kappa shape index (κ3) is 4.46. The first-order valence-electron chi connectivity index (χ1n) is 8.00. The Bertz CT molecular complexity index is 938. The molecule has 0 aliphatic heterocycles. The molecule has 0 unspecified atom stereocenters. The first-order valence-corrected chi connectivity index (χ1v) is 8.81. The standard InChI is InChI=1S/C19H18N4O2S/c1-12-7-6-10-15(11-12)21-17(24)16-13(2)20-19(26-16)23-18(25)22-14-8-4-3-5-9-14/h3-11H,1-2H3,(H,21,24)(H2,20,22,23,25). The smallest absolute Gasteiger partial charge is 0.321 e. The fourth-order valence-corrected chi connectivity index (χ4v) is 3.21. The van der Waals surface area contributed by atoms with E-state index in [4.69, 9.17) is 0 Å². The summed E-state index contributed by atoms with van der Waals surface area (Å²) in [6.45, 7) is 3.70. The van der Waals surface area contributed by atoms with Crippen molar-refractivity contribution < 1.29 is 9.59 Å². The van der Waals surface area contributed by atoms with Crippen LogP contribution in [0.25, 0.3) is 0 Å². The van der Waals surface area contributed by atoms with Gasteiger partial charge in [-0.2, -0.15) is 0 Å². The molecular weight excluding hydrogens is 348 g/mol. The van der Waals surface area contributed by atoms with Gasteiger partial charge in [0.25, 0.3) is 5.91 Å². The summed E-state index contributed by atoms with van der Waals surface area (Å²) >= 11 is 1.13. The van der Waals surface area contributed by atoms with E-state index in [0.29, 0.717) is 21.4 Å². The summed E-state index contributed by atoms with van der Waals surface area (Å²) < 4.78 is 0. The molecule has 3 N–H and O–H groups in total. The minimum atomic E-state index is -0.407. The van der Waals surface area contributed by atoms with Crippen molar-refractivity contribution in [3.05, 3.63) is 70.7 Å². The lowest BCUT2D eigenvalue weighted by Crippen LogP contribution is -2.19. The number of para-hydroxylation sites is 1. The number of benzene rings is 2. The number of amides is 3. The second kappa shape index (κ2) is 7.79. The van der Waals surface area contributed by atoms with Crippen LogP contribution < -0.4 is 16.0 Å². The van der Waals surface area contributed by atoms with E-state index >= 15 is 0 Å². The maximum atomic E-state index is 12.5. The van der Waals surface area contributed by atoms with Crippen LogP contribution in [0.5, 0.6) is 0 Å². The molecule has 2 aromatic carbocycles. The summed E-state index contributed by atoms with van der Waals surface area (Å²) in [4.78, 5) is 29.2. The Hall–Kier alpha value is -3.19. The fourth-order valence-electron chi connectivity index (χ4n) is 2.35. The van der Waals surface area contributed by atoms with Crippen molar-refractivity contribution in [3.8, 4) is 0 Å².